The molecule has 2 saturated carbocycles. The van der Waals surface area contributed by atoms with Gasteiger partial charge in [-0.05, 0) is 67.2 Å². The minimum absolute atomic E-state index is 0.126. The summed E-state index contributed by atoms with van der Waals surface area (Å²) in [5, 5.41) is 22.8. The zero-order valence-corrected chi connectivity index (χ0v) is 16.1. The summed E-state index contributed by atoms with van der Waals surface area (Å²) in [5.41, 5.74) is 2.58. The number of fused-ring (bicyclic) bond motifs is 2. The number of rotatable bonds is 2. The Morgan fingerprint density at radius 3 is 1.44 bits per heavy atom. The third kappa shape index (κ3) is 3.40. The first kappa shape index (κ1) is 18.2. The molecule has 27 heavy (non-hydrogen) atoms. The Balaban J connectivity index is 1.70. The zero-order valence-electron chi connectivity index (χ0n) is 16.1. The van der Waals surface area contributed by atoms with Gasteiger partial charge in [-0.3, -0.25) is 0 Å². The Kier molecular flexibility index (Phi) is 4.57. The van der Waals surface area contributed by atoms with Crippen LogP contribution in [0.1, 0.15) is 44.2 Å². The van der Waals surface area contributed by atoms with Crippen molar-refractivity contribution in [2.24, 2.45) is 11.8 Å². The van der Waals surface area contributed by atoms with Crippen molar-refractivity contribution in [3.05, 3.63) is 82.9 Å². The van der Waals surface area contributed by atoms with E-state index in [1.807, 2.05) is 50.2 Å². The average molecular weight is 360 g/mol. The van der Waals surface area contributed by atoms with E-state index in [0.717, 1.165) is 41.5 Å². The van der Waals surface area contributed by atoms with Gasteiger partial charge in [0.1, 0.15) is 0 Å². The minimum Gasteiger partial charge on any atom is -0.385 e. The normalized spacial score (nSPS) is 36.1. The van der Waals surface area contributed by atoms with Crippen LogP contribution < -0.4 is 0 Å². The molecule has 0 heterocycles. The van der Waals surface area contributed by atoms with E-state index < -0.39 is 11.2 Å². The lowest BCUT2D eigenvalue weighted by Gasteiger charge is -2.53. The van der Waals surface area contributed by atoms with Gasteiger partial charge in [0.15, 0.2) is 0 Å². The molecule has 0 aromatic heterocycles. The van der Waals surface area contributed by atoms with Crippen LogP contribution in [0, 0.1) is 11.8 Å². The Labute approximate surface area is 161 Å². The van der Waals surface area contributed by atoms with Gasteiger partial charge in [0.25, 0.3) is 0 Å². The van der Waals surface area contributed by atoms with Crippen molar-refractivity contribution in [2.75, 3.05) is 0 Å². The molecular formula is C25H28O2. The van der Waals surface area contributed by atoms with E-state index in [2.05, 4.69) is 36.4 Å². The SMILES string of the molecule is CC1(O)/C(=C/c2ccccc2)CC2CC1C/C(=C\c1ccccc1)C2(C)O. The van der Waals surface area contributed by atoms with Gasteiger partial charge >= 0.3 is 0 Å². The average Bonchev–Trinajstić information content (AvgIpc) is 2.65. The second kappa shape index (κ2) is 6.78. The van der Waals surface area contributed by atoms with Crippen LogP contribution in [-0.4, -0.2) is 21.4 Å². The predicted molar refractivity (Wildman–Crippen MR) is 111 cm³/mol. The molecule has 2 aliphatic carbocycles. The summed E-state index contributed by atoms with van der Waals surface area (Å²) in [5.74, 6) is 0.253. The van der Waals surface area contributed by atoms with E-state index in [4.69, 9.17) is 0 Å². The van der Waals surface area contributed by atoms with Crippen molar-refractivity contribution in [1.29, 1.82) is 0 Å². The van der Waals surface area contributed by atoms with E-state index in [1.165, 1.54) is 0 Å². The fraction of sp³-hybridized carbons (Fsp3) is 0.360. The Morgan fingerprint density at radius 2 is 1.07 bits per heavy atom. The van der Waals surface area contributed by atoms with Crippen molar-refractivity contribution in [1.82, 2.24) is 0 Å². The lowest BCUT2D eigenvalue weighted by Crippen LogP contribution is -2.53. The maximum Gasteiger partial charge on any atom is 0.0863 e. The molecular weight excluding hydrogens is 332 g/mol. The first-order valence-electron chi connectivity index (χ1n) is 9.84. The van der Waals surface area contributed by atoms with Crippen molar-refractivity contribution in [3.63, 3.8) is 0 Å². The van der Waals surface area contributed by atoms with Crippen LogP contribution in [0.15, 0.2) is 71.8 Å². The zero-order chi connectivity index (χ0) is 19.1. The van der Waals surface area contributed by atoms with Crippen LogP contribution in [-0.2, 0) is 0 Å². The molecule has 4 unspecified atom stereocenters. The fourth-order valence-corrected chi connectivity index (χ4v) is 4.75. The monoisotopic (exact) mass is 360 g/mol. The van der Waals surface area contributed by atoms with Crippen LogP contribution in [0.5, 0.6) is 0 Å². The van der Waals surface area contributed by atoms with Crippen molar-refractivity contribution in [2.45, 2.75) is 44.3 Å². The van der Waals surface area contributed by atoms with Gasteiger partial charge in [0.05, 0.1) is 11.2 Å². The predicted octanol–water partition coefficient (Wildman–Crippen LogP) is 5.09. The molecule has 0 aliphatic heterocycles. The maximum absolute atomic E-state index is 11.4. The van der Waals surface area contributed by atoms with Crippen molar-refractivity contribution >= 4 is 12.2 Å². The molecule has 2 N–H and O–H groups in total. The Bertz CT molecular complexity index is 786. The molecule has 2 fully saturated rings. The fourth-order valence-electron chi connectivity index (χ4n) is 4.75. The first-order chi connectivity index (χ1) is 12.9. The third-order valence-corrected chi connectivity index (χ3v) is 6.67. The van der Waals surface area contributed by atoms with E-state index in [1.54, 1.807) is 0 Å². The molecule has 2 aromatic carbocycles. The van der Waals surface area contributed by atoms with Crippen LogP contribution in [0.2, 0.25) is 0 Å². The molecule has 4 atom stereocenters. The quantitative estimate of drug-likeness (QED) is 0.783. The molecule has 2 nitrogen and oxygen atoms in total. The summed E-state index contributed by atoms with van der Waals surface area (Å²) in [7, 11) is 0. The molecule has 2 heteroatoms. The number of aliphatic hydroxyl groups is 2. The number of hydrogen-bond acceptors (Lipinski definition) is 2. The van der Waals surface area contributed by atoms with E-state index in [0.29, 0.717) is 0 Å². The van der Waals surface area contributed by atoms with Gasteiger partial charge in [-0.25, -0.2) is 0 Å². The molecule has 0 saturated heterocycles. The highest BCUT2D eigenvalue weighted by Gasteiger charge is 2.52. The molecule has 2 bridgehead atoms. The summed E-state index contributed by atoms with van der Waals surface area (Å²) in [4.78, 5) is 0. The smallest absolute Gasteiger partial charge is 0.0863 e. The van der Waals surface area contributed by atoms with Crippen LogP contribution in [0.3, 0.4) is 0 Å². The summed E-state index contributed by atoms with van der Waals surface area (Å²) < 4.78 is 0. The van der Waals surface area contributed by atoms with Crippen LogP contribution in [0.25, 0.3) is 12.2 Å². The van der Waals surface area contributed by atoms with Gasteiger partial charge in [0, 0.05) is 0 Å². The van der Waals surface area contributed by atoms with Gasteiger partial charge in [-0.1, -0.05) is 72.8 Å². The Hall–Kier alpha value is -2.16. The minimum atomic E-state index is -0.849. The first-order valence-corrected chi connectivity index (χ1v) is 9.84. The number of hydrogen-bond donors (Lipinski definition) is 2. The second-order valence-electron chi connectivity index (χ2n) is 8.49. The molecule has 4 rings (SSSR count). The van der Waals surface area contributed by atoms with Crippen LogP contribution >= 0.6 is 0 Å². The van der Waals surface area contributed by atoms with Crippen molar-refractivity contribution in [3.8, 4) is 0 Å². The van der Waals surface area contributed by atoms with Crippen molar-refractivity contribution < 1.29 is 10.2 Å². The lowest BCUT2D eigenvalue weighted by molar-refractivity contribution is -0.0730. The highest BCUT2D eigenvalue weighted by molar-refractivity contribution is 5.59. The van der Waals surface area contributed by atoms with E-state index in [-0.39, 0.29) is 11.8 Å². The molecule has 0 spiro atoms. The van der Waals surface area contributed by atoms with Gasteiger partial charge in [-0.15, -0.1) is 0 Å². The molecule has 2 aliphatic rings. The summed E-state index contributed by atoms with van der Waals surface area (Å²) >= 11 is 0. The molecule has 140 valence electrons. The summed E-state index contributed by atoms with van der Waals surface area (Å²) in [6, 6.07) is 20.3. The molecule has 0 radical (unpaired) electrons. The molecule has 2 aromatic rings. The van der Waals surface area contributed by atoms with E-state index in [9.17, 15) is 10.2 Å². The molecule has 0 amide bonds. The number of benzene rings is 2. The van der Waals surface area contributed by atoms with Gasteiger partial charge in [-0.2, -0.15) is 0 Å². The highest BCUT2D eigenvalue weighted by atomic mass is 16.3. The second-order valence-corrected chi connectivity index (χ2v) is 8.49. The van der Waals surface area contributed by atoms with Crippen LogP contribution in [0.4, 0.5) is 0 Å². The van der Waals surface area contributed by atoms with Gasteiger partial charge in [0.2, 0.25) is 0 Å². The largest absolute Gasteiger partial charge is 0.385 e. The Morgan fingerprint density at radius 1 is 0.704 bits per heavy atom. The third-order valence-electron chi connectivity index (χ3n) is 6.67. The maximum atomic E-state index is 11.4. The topological polar surface area (TPSA) is 40.5 Å². The standard InChI is InChI=1S/C25H28O2/c1-24(26)20(13-18-9-5-3-6-10-18)15-23-17-22(24)16-21(25(23,2)27)14-19-11-7-4-8-12-19/h3-14,22-23,26-27H,15-17H2,1-2H3/b20-13+,21-14+. The summed E-state index contributed by atoms with van der Waals surface area (Å²) in [6.45, 7) is 3.89. The lowest BCUT2D eigenvalue weighted by atomic mass is 9.56. The van der Waals surface area contributed by atoms with Gasteiger partial charge < -0.3 is 10.2 Å². The van der Waals surface area contributed by atoms with E-state index >= 15 is 0 Å². The highest BCUT2D eigenvalue weighted by Crippen LogP contribution is 2.54. The summed E-state index contributed by atoms with van der Waals surface area (Å²) in [6.07, 6.45) is 6.52.